The smallest absolute Gasteiger partial charge is 0.231 e. The Morgan fingerprint density at radius 1 is 0.829 bits per heavy atom. The molecule has 0 saturated heterocycles. The Hall–Kier alpha value is -4.58. The highest BCUT2D eigenvalue weighted by atomic mass is 16.5. The summed E-state index contributed by atoms with van der Waals surface area (Å²) in [6.07, 6.45) is 1.82. The average molecular weight is 466 g/mol. The Bertz CT molecular complexity index is 1520. The van der Waals surface area contributed by atoms with Crippen molar-refractivity contribution in [3.8, 4) is 17.2 Å². The highest BCUT2D eigenvalue weighted by molar-refractivity contribution is 6.32. The molecule has 0 bridgehead atoms. The SMILES string of the molecule is COc1cc(C(=O)C(=Cc2cccc3ccccc23)c2nc3ccccc3o2)cc(OC)c1OC. The lowest BCUT2D eigenvalue weighted by atomic mass is 9.97. The fourth-order valence-electron chi connectivity index (χ4n) is 4.11. The monoisotopic (exact) mass is 465 g/mol. The van der Waals surface area contributed by atoms with E-state index in [1.807, 2.05) is 72.8 Å². The lowest BCUT2D eigenvalue weighted by molar-refractivity contribution is 0.105. The number of nitrogens with zero attached hydrogens (tertiary/aromatic N) is 1. The predicted molar refractivity (Wildman–Crippen MR) is 136 cm³/mol. The number of ether oxygens (including phenoxy) is 3. The molecule has 0 fully saturated rings. The van der Waals surface area contributed by atoms with Crippen molar-refractivity contribution in [3.05, 3.63) is 95.9 Å². The second kappa shape index (κ2) is 9.35. The number of Topliss-reactive ketones (excluding diaryl/α,β-unsaturated/α-hetero) is 1. The molecule has 0 atom stereocenters. The van der Waals surface area contributed by atoms with E-state index >= 15 is 0 Å². The molecule has 0 saturated carbocycles. The van der Waals surface area contributed by atoms with E-state index in [9.17, 15) is 4.79 Å². The van der Waals surface area contributed by atoms with Crippen LogP contribution in [0.1, 0.15) is 21.8 Å². The first-order valence-electron chi connectivity index (χ1n) is 11.0. The zero-order valence-corrected chi connectivity index (χ0v) is 19.6. The molecule has 5 rings (SSSR count). The van der Waals surface area contributed by atoms with E-state index in [1.54, 1.807) is 12.1 Å². The van der Waals surface area contributed by atoms with Crippen molar-refractivity contribution < 1.29 is 23.4 Å². The molecule has 4 aromatic carbocycles. The molecule has 6 heteroatoms. The van der Waals surface area contributed by atoms with E-state index in [0.29, 0.717) is 39.5 Å². The standard InChI is InChI=1S/C29H23NO5/c1-32-25-16-20(17-26(33-2)28(25)34-3)27(31)22(29-30-23-13-6-7-14-24(23)35-29)15-19-11-8-10-18-9-4-5-12-21(18)19/h4-17H,1-3H3. The first-order valence-corrected chi connectivity index (χ1v) is 11.0. The summed E-state index contributed by atoms with van der Waals surface area (Å²) in [5, 5.41) is 2.08. The molecule has 0 aliphatic carbocycles. The lowest BCUT2D eigenvalue weighted by Crippen LogP contribution is -2.06. The van der Waals surface area contributed by atoms with E-state index in [2.05, 4.69) is 4.98 Å². The number of hydrogen-bond acceptors (Lipinski definition) is 6. The van der Waals surface area contributed by atoms with Crippen LogP contribution in [0.5, 0.6) is 17.2 Å². The van der Waals surface area contributed by atoms with Gasteiger partial charge in [0.1, 0.15) is 5.52 Å². The summed E-state index contributed by atoms with van der Waals surface area (Å²) in [6.45, 7) is 0. The number of oxazole rings is 1. The van der Waals surface area contributed by atoms with Crippen LogP contribution >= 0.6 is 0 Å². The Morgan fingerprint density at radius 3 is 2.23 bits per heavy atom. The van der Waals surface area contributed by atoms with E-state index in [-0.39, 0.29) is 11.7 Å². The maximum absolute atomic E-state index is 14.0. The molecule has 0 radical (unpaired) electrons. The zero-order valence-electron chi connectivity index (χ0n) is 19.6. The van der Waals surface area contributed by atoms with Gasteiger partial charge in [-0.1, -0.05) is 54.6 Å². The topological polar surface area (TPSA) is 70.8 Å². The maximum atomic E-state index is 14.0. The molecule has 0 amide bonds. The van der Waals surface area contributed by atoms with Crippen molar-refractivity contribution in [1.29, 1.82) is 0 Å². The molecule has 1 heterocycles. The Morgan fingerprint density at radius 2 is 1.51 bits per heavy atom. The summed E-state index contributed by atoms with van der Waals surface area (Å²) in [7, 11) is 4.55. The van der Waals surface area contributed by atoms with Gasteiger partial charge >= 0.3 is 0 Å². The van der Waals surface area contributed by atoms with Gasteiger partial charge in [0.15, 0.2) is 22.9 Å². The summed E-state index contributed by atoms with van der Waals surface area (Å²) in [5.41, 5.74) is 2.81. The number of aromatic nitrogens is 1. The van der Waals surface area contributed by atoms with Crippen molar-refractivity contribution in [2.45, 2.75) is 0 Å². The highest BCUT2D eigenvalue weighted by Crippen LogP contribution is 2.39. The van der Waals surface area contributed by atoms with Crippen LogP contribution in [0.3, 0.4) is 0 Å². The number of rotatable bonds is 7. The van der Waals surface area contributed by atoms with Gasteiger partial charge in [-0.05, 0) is 46.7 Å². The van der Waals surface area contributed by atoms with Gasteiger partial charge in [-0.3, -0.25) is 4.79 Å². The van der Waals surface area contributed by atoms with Crippen LogP contribution in [0.2, 0.25) is 0 Å². The minimum Gasteiger partial charge on any atom is -0.493 e. The molecular formula is C29H23NO5. The van der Waals surface area contributed by atoms with Crippen LogP contribution in [-0.4, -0.2) is 32.1 Å². The van der Waals surface area contributed by atoms with Gasteiger partial charge in [-0.25, -0.2) is 4.98 Å². The normalized spacial score (nSPS) is 11.6. The van der Waals surface area contributed by atoms with Crippen molar-refractivity contribution in [2.75, 3.05) is 21.3 Å². The second-order valence-electron chi connectivity index (χ2n) is 7.86. The van der Waals surface area contributed by atoms with E-state index in [0.717, 1.165) is 16.3 Å². The summed E-state index contributed by atoms with van der Waals surface area (Å²) in [4.78, 5) is 18.6. The van der Waals surface area contributed by atoms with Gasteiger partial charge in [-0.2, -0.15) is 0 Å². The van der Waals surface area contributed by atoms with Crippen molar-refractivity contribution in [3.63, 3.8) is 0 Å². The first-order chi connectivity index (χ1) is 17.1. The molecule has 0 unspecified atom stereocenters. The van der Waals surface area contributed by atoms with Crippen LogP contribution in [-0.2, 0) is 0 Å². The Balaban J connectivity index is 1.73. The molecule has 0 aliphatic heterocycles. The molecule has 1 aromatic heterocycles. The van der Waals surface area contributed by atoms with E-state index < -0.39 is 0 Å². The largest absolute Gasteiger partial charge is 0.493 e. The maximum Gasteiger partial charge on any atom is 0.231 e. The van der Waals surface area contributed by atoms with Gasteiger partial charge in [0.05, 0.1) is 26.9 Å². The van der Waals surface area contributed by atoms with Crippen LogP contribution < -0.4 is 14.2 Å². The van der Waals surface area contributed by atoms with Crippen LogP contribution in [0.25, 0.3) is 33.5 Å². The second-order valence-corrected chi connectivity index (χ2v) is 7.86. The van der Waals surface area contributed by atoms with Crippen molar-refractivity contribution in [1.82, 2.24) is 4.98 Å². The summed E-state index contributed by atoms with van der Waals surface area (Å²) in [6, 6.07) is 24.7. The number of carbonyl (C=O) groups is 1. The minimum atomic E-state index is -0.288. The van der Waals surface area contributed by atoms with Gasteiger partial charge in [0.2, 0.25) is 11.6 Å². The third-order valence-electron chi connectivity index (χ3n) is 5.82. The molecular weight excluding hydrogens is 442 g/mol. The van der Waals surface area contributed by atoms with Crippen molar-refractivity contribution >= 4 is 39.3 Å². The Kier molecular flexibility index (Phi) is 5.94. The number of allylic oxidation sites excluding steroid dienone is 1. The van der Waals surface area contributed by atoms with Crippen LogP contribution in [0.15, 0.2) is 83.3 Å². The molecule has 6 nitrogen and oxygen atoms in total. The fraction of sp³-hybridized carbons (Fsp3) is 0.103. The number of methoxy groups -OCH3 is 3. The molecule has 0 spiro atoms. The number of hydrogen-bond donors (Lipinski definition) is 0. The Labute approximate surface area is 202 Å². The van der Waals surface area contributed by atoms with Gasteiger partial charge in [0.25, 0.3) is 0 Å². The predicted octanol–water partition coefficient (Wildman–Crippen LogP) is 6.43. The highest BCUT2D eigenvalue weighted by Gasteiger charge is 2.24. The van der Waals surface area contributed by atoms with E-state index in [4.69, 9.17) is 18.6 Å². The number of benzene rings is 4. The summed E-state index contributed by atoms with van der Waals surface area (Å²) >= 11 is 0. The number of ketones is 1. The molecule has 0 aliphatic rings. The first kappa shape index (κ1) is 22.2. The summed E-state index contributed by atoms with van der Waals surface area (Å²) in [5.74, 6) is 1.13. The van der Waals surface area contributed by atoms with E-state index in [1.165, 1.54) is 21.3 Å². The van der Waals surface area contributed by atoms with Gasteiger partial charge in [0, 0.05) is 5.56 Å². The molecule has 0 N–H and O–H groups in total. The third kappa shape index (κ3) is 4.10. The zero-order chi connectivity index (χ0) is 24.4. The fourth-order valence-corrected chi connectivity index (χ4v) is 4.11. The van der Waals surface area contributed by atoms with Crippen LogP contribution in [0, 0.1) is 0 Å². The molecule has 174 valence electrons. The van der Waals surface area contributed by atoms with Crippen molar-refractivity contribution in [2.24, 2.45) is 0 Å². The quantitative estimate of drug-likeness (QED) is 0.204. The van der Waals surface area contributed by atoms with Gasteiger partial charge < -0.3 is 18.6 Å². The number of para-hydroxylation sites is 2. The molecule has 35 heavy (non-hydrogen) atoms. The van der Waals surface area contributed by atoms with Crippen LogP contribution in [0.4, 0.5) is 0 Å². The molecule has 5 aromatic rings. The third-order valence-corrected chi connectivity index (χ3v) is 5.82. The summed E-state index contributed by atoms with van der Waals surface area (Å²) < 4.78 is 22.4. The number of fused-ring (bicyclic) bond motifs is 2. The number of carbonyl (C=O) groups excluding carboxylic acids is 1. The lowest BCUT2D eigenvalue weighted by Gasteiger charge is -2.14. The minimum absolute atomic E-state index is 0.234. The average Bonchev–Trinajstić information content (AvgIpc) is 3.34. The van der Waals surface area contributed by atoms with Gasteiger partial charge in [-0.15, -0.1) is 0 Å².